The second kappa shape index (κ2) is 4.49. The summed E-state index contributed by atoms with van der Waals surface area (Å²) >= 11 is 0. The molecule has 0 radical (unpaired) electrons. The van der Waals surface area contributed by atoms with Crippen LogP contribution in [0.15, 0.2) is 24.3 Å². The van der Waals surface area contributed by atoms with Gasteiger partial charge in [0.05, 0.1) is 0 Å². The summed E-state index contributed by atoms with van der Waals surface area (Å²) in [5.41, 5.74) is 8.14. The highest BCUT2D eigenvalue weighted by molar-refractivity contribution is 5.75. The van der Waals surface area contributed by atoms with Crippen molar-refractivity contribution in [1.82, 2.24) is 0 Å². The van der Waals surface area contributed by atoms with Crippen LogP contribution in [-0.4, -0.2) is 5.11 Å². The first-order valence-corrected chi connectivity index (χ1v) is 6.28. The average Bonchev–Trinajstić information content (AvgIpc) is 2.29. The normalized spacial score (nSPS) is 10.7. The van der Waals surface area contributed by atoms with Gasteiger partial charge in [0.15, 0.2) is 0 Å². The van der Waals surface area contributed by atoms with E-state index in [0.29, 0.717) is 5.75 Å². The Morgan fingerprint density at radius 2 is 1.00 bits per heavy atom. The maximum absolute atomic E-state index is 10.2. The lowest BCUT2D eigenvalue weighted by Crippen LogP contribution is -1.91. The van der Waals surface area contributed by atoms with Crippen molar-refractivity contribution in [1.29, 1.82) is 0 Å². The van der Waals surface area contributed by atoms with Crippen LogP contribution in [0.1, 0.15) is 27.8 Å². The van der Waals surface area contributed by atoms with Crippen molar-refractivity contribution in [3.63, 3.8) is 0 Å². The Morgan fingerprint density at radius 3 is 1.61 bits per heavy atom. The van der Waals surface area contributed by atoms with E-state index in [-0.39, 0.29) is 0 Å². The van der Waals surface area contributed by atoms with E-state index in [1.54, 1.807) is 0 Å². The highest BCUT2D eigenvalue weighted by Crippen LogP contribution is 2.34. The Hall–Kier alpha value is -1.76. The molecule has 0 aliphatic rings. The van der Waals surface area contributed by atoms with Crippen molar-refractivity contribution < 1.29 is 5.11 Å². The first kappa shape index (κ1) is 12.7. The van der Waals surface area contributed by atoms with E-state index >= 15 is 0 Å². The molecule has 0 aromatic heterocycles. The van der Waals surface area contributed by atoms with Gasteiger partial charge in [-0.3, -0.25) is 0 Å². The van der Waals surface area contributed by atoms with E-state index in [1.807, 2.05) is 13.0 Å². The fourth-order valence-electron chi connectivity index (χ4n) is 2.27. The minimum Gasteiger partial charge on any atom is -0.507 e. The lowest BCUT2D eigenvalue weighted by Gasteiger charge is -2.13. The summed E-state index contributed by atoms with van der Waals surface area (Å²) in [5, 5.41) is 10.2. The monoisotopic (exact) mass is 240 g/mol. The zero-order chi connectivity index (χ0) is 13.4. The second-order valence-electron chi connectivity index (χ2n) is 5.21. The highest BCUT2D eigenvalue weighted by Gasteiger charge is 2.10. The zero-order valence-electron chi connectivity index (χ0n) is 11.8. The first-order valence-electron chi connectivity index (χ1n) is 6.28. The lowest BCUT2D eigenvalue weighted by molar-refractivity contribution is 0.476. The summed E-state index contributed by atoms with van der Waals surface area (Å²) in [6.07, 6.45) is 0. The largest absolute Gasteiger partial charge is 0.507 e. The fraction of sp³-hybridized carbons (Fsp3) is 0.294. The number of phenols is 1. The lowest BCUT2D eigenvalue weighted by atomic mass is 9.93. The van der Waals surface area contributed by atoms with Crippen LogP contribution in [0.5, 0.6) is 5.75 Å². The van der Waals surface area contributed by atoms with Gasteiger partial charge in [-0.1, -0.05) is 12.1 Å². The Labute approximate surface area is 109 Å². The van der Waals surface area contributed by atoms with Gasteiger partial charge < -0.3 is 5.11 Å². The molecule has 2 aromatic rings. The minimum atomic E-state index is 0.365. The van der Waals surface area contributed by atoms with E-state index in [9.17, 15) is 5.11 Å². The third kappa shape index (κ3) is 2.13. The van der Waals surface area contributed by atoms with Crippen molar-refractivity contribution in [2.75, 3.05) is 0 Å². The van der Waals surface area contributed by atoms with Gasteiger partial charge in [0.1, 0.15) is 5.75 Å². The molecule has 2 rings (SSSR count). The standard InChI is InChI=1S/C17H20O/c1-10-6-14(5)15(7-11(10)2)16-8-12(3)13(4)9-17(16)18/h6-9,18H,1-5H3. The first-order chi connectivity index (χ1) is 8.40. The van der Waals surface area contributed by atoms with Crippen LogP contribution in [0.2, 0.25) is 0 Å². The summed E-state index contributed by atoms with van der Waals surface area (Å²) in [4.78, 5) is 0. The molecule has 2 aromatic carbocycles. The Kier molecular flexibility index (Phi) is 3.16. The van der Waals surface area contributed by atoms with Crippen molar-refractivity contribution >= 4 is 0 Å². The van der Waals surface area contributed by atoms with Crippen LogP contribution in [0.4, 0.5) is 0 Å². The molecule has 0 fully saturated rings. The SMILES string of the molecule is Cc1cc(C)c(-c2cc(C)c(C)cc2O)cc1C. The van der Waals surface area contributed by atoms with Gasteiger partial charge in [0.2, 0.25) is 0 Å². The number of hydrogen-bond acceptors (Lipinski definition) is 1. The summed E-state index contributed by atoms with van der Waals surface area (Å²) in [6, 6.07) is 8.26. The van der Waals surface area contributed by atoms with E-state index in [2.05, 4.69) is 45.9 Å². The predicted octanol–water partition coefficient (Wildman–Crippen LogP) is 4.60. The van der Waals surface area contributed by atoms with Crippen molar-refractivity contribution in [3.8, 4) is 16.9 Å². The van der Waals surface area contributed by atoms with Crippen LogP contribution < -0.4 is 0 Å². The highest BCUT2D eigenvalue weighted by atomic mass is 16.3. The number of hydrogen-bond donors (Lipinski definition) is 1. The number of phenolic OH excluding ortho intramolecular Hbond substituents is 1. The van der Waals surface area contributed by atoms with Gasteiger partial charge in [-0.15, -0.1) is 0 Å². The minimum absolute atomic E-state index is 0.365. The zero-order valence-corrected chi connectivity index (χ0v) is 11.8. The number of rotatable bonds is 1. The summed E-state index contributed by atoms with van der Waals surface area (Å²) in [7, 11) is 0. The maximum Gasteiger partial charge on any atom is 0.123 e. The molecule has 0 aliphatic carbocycles. The molecule has 0 unspecified atom stereocenters. The molecule has 0 aliphatic heterocycles. The smallest absolute Gasteiger partial charge is 0.123 e. The Morgan fingerprint density at radius 1 is 0.556 bits per heavy atom. The molecule has 1 nitrogen and oxygen atoms in total. The van der Waals surface area contributed by atoms with Crippen molar-refractivity contribution in [3.05, 3.63) is 52.1 Å². The topological polar surface area (TPSA) is 20.2 Å². The van der Waals surface area contributed by atoms with Gasteiger partial charge in [0.25, 0.3) is 0 Å². The van der Waals surface area contributed by atoms with E-state index in [1.165, 1.54) is 22.3 Å². The maximum atomic E-state index is 10.2. The van der Waals surface area contributed by atoms with E-state index in [4.69, 9.17) is 0 Å². The molecule has 0 bridgehead atoms. The van der Waals surface area contributed by atoms with Crippen LogP contribution in [-0.2, 0) is 0 Å². The molecule has 0 amide bonds. The molecule has 1 heteroatoms. The molecule has 0 saturated carbocycles. The number of aryl methyl sites for hydroxylation is 5. The molecule has 0 heterocycles. The van der Waals surface area contributed by atoms with E-state index < -0.39 is 0 Å². The van der Waals surface area contributed by atoms with Crippen LogP contribution >= 0.6 is 0 Å². The molecule has 94 valence electrons. The molecule has 0 atom stereocenters. The summed E-state index contributed by atoms with van der Waals surface area (Å²) in [5.74, 6) is 0.365. The van der Waals surface area contributed by atoms with Crippen LogP contribution in [0.25, 0.3) is 11.1 Å². The van der Waals surface area contributed by atoms with Gasteiger partial charge in [-0.25, -0.2) is 0 Å². The third-order valence-electron chi connectivity index (χ3n) is 3.74. The molecule has 1 N–H and O–H groups in total. The molecule has 0 saturated heterocycles. The summed E-state index contributed by atoms with van der Waals surface area (Å²) < 4.78 is 0. The van der Waals surface area contributed by atoms with Gasteiger partial charge in [0, 0.05) is 5.56 Å². The average molecular weight is 240 g/mol. The van der Waals surface area contributed by atoms with Crippen LogP contribution in [0, 0.1) is 34.6 Å². The molecular weight excluding hydrogens is 220 g/mol. The number of aromatic hydroxyl groups is 1. The fourth-order valence-corrected chi connectivity index (χ4v) is 2.27. The van der Waals surface area contributed by atoms with Crippen molar-refractivity contribution in [2.45, 2.75) is 34.6 Å². The second-order valence-corrected chi connectivity index (χ2v) is 5.21. The van der Waals surface area contributed by atoms with Gasteiger partial charge in [-0.05, 0) is 80.1 Å². The number of benzene rings is 2. The van der Waals surface area contributed by atoms with Gasteiger partial charge in [-0.2, -0.15) is 0 Å². The molecule has 0 spiro atoms. The molecular formula is C17H20O. The van der Waals surface area contributed by atoms with Crippen molar-refractivity contribution in [2.24, 2.45) is 0 Å². The Balaban J connectivity index is 2.69. The summed E-state index contributed by atoms with van der Waals surface area (Å²) in [6.45, 7) is 10.4. The quantitative estimate of drug-likeness (QED) is 0.772. The third-order valence-corrected chi connectivity index (χ3v) is 3.74. The van der Waals surface area contributed by atoms with Gasteiger partial charge >= 0.3 is 0 Å². The molecule has 18 heavy (non-hydrogen) atoms. The predicted molar refractivity (Wildman–Crippen MR) is 77.2 cm³/mol. The Bertz CT molecular complexity index is 554. The van der Waals surface area contributed by atoms with Crippen LogP contribution in [0.3, 0.4) is 0 Å². The van der Waals surface area contributed by atoms with E-state index in [0.717, 1.165) is 16.7 Å².